The van der Waals surface area contributed by atoms with Crippen LogP contribution in [0, 0.1) is 29.6 Å². The van der Waals surface area contributed by atoms with Crippen LogP contribution < -0.4 is 0 Å². The molecule has 184 valence electrons. The highest BCUT2D eigenvalue weighted by molar-refractivity contribution is 6.07. The average Bonchev–Trinajstić information content (AvgIpc) is 2.86. The number of carbonyl (C=O) groups excluding carboxylic acids is 1. The zero-order valence-electron chi connectivity index (χ0n) is 21.5. The van der Waals surface area contributed by atoms with Crippen LogP contribution in [0.3, 0.4) is 0 Å². The van der Waals surface area contributed by atoms with Crippen molar-refractivity contribution >= 4 is 27.5 Å². The lowest BCUT2D eigenvalue weighted by Gasteiger charge is -2.58. The van der Waals surface area contributed by atoms with Crippen molar-refractivity contribution in [1.29, 1.82) is 0 Å². The standard InChI is InChI=1S/C32H38O3/c1-5-19(2)31(33)34-29-22-14-24-16-23(29)17-25(15-22)30(24)35-32(3,4)26-12-13-28-21(18-26)11-10-20-8-6-7-9-27(20)28/h6-13,18-19,22-25,29-30H,5,14-17H2,1-4H3. The van der Waals surface area contributed by atoms with Gasteiger partial charge < -0.3 is 9.47 Å². The summed E-state index contributed by atoms with van der Waals surface area (Å²) in [5.74, 6) is 2.20. The van der Waals surface area contributed by atoms with E-state index in [1.54, 1.807) is 0 Å². The van der Waals surface area contributed by atoms with Gasteiger partial charge in [0, 0.05) is 0 Å². The van der Waals surface area contributed by atoms with E-state index in [9.17, 15) is 4.79 Å². The van der Waals surface area contributed by atoms with Crippen LogP contribution in [0.5, 0.6) is 0 Å². The third-order valence-corrected chi connectivity index (χ3v) is 9.42. The van der Waals surface area contributed by atoms with Gasteiger partial charge in [0.2, 0.25) is 0 Å². The lowest BCUT2D eigenvalue weighted by Crippen LogP contribution is -2.57. The van der Waals surface area contributed by atoms with Gasteiger partial charge in [-0.3, -0.25) is 4.79 Å². The van der Waals surface area contributed by atoms with E-state index >= 15 is 0 Å². The van der Waals surface area contributed by atoms with E-state index in [0.29, 0.717) is 29.8 Å². The number of hydrogen-bond donors (Lipinski definition) is 0. The van der Waals surface area contributed by atoms with Crippen molar-refractivity contribution in [3.8, 4) is 0 Å². The highest BCUT2D eigenvalue weighted by Gasteiger charge is 2.55. The van der Waals surface area contributed by atoms with Crippen molar-refractivity contribution in [2.75, 3.05) is 0 Å². The molecule has 4 fully saturated rings. The van der Waals surface area contributed by atoms with Crippen LogP contribution in [0.4, 0.5) is 0 Å². The fraction of sp³-hybridized carbons (Fsp3) is 0.531. The molecule has 0 radical (unpaired) electrons. The molecule has 3 aromatic carbocycles. The van der Waals surface area contributed by atoms with Crippen molar-refractivity contribution in [2.24, 2.45) is 29.6 Å². The molecule has 0 saturated heterocycles. The van der Waals surface area contributed by atoms with Gasteiger partial charge in [-0.15, -0.1) is 0 Å². The van der Waals surface area contributed by atoms with Crippen molar-refractivity contribution in [3.63, 3.8) is 0 Å². The fourth-order valence-corrected chi connectivity index (χ4v) is 7.38. The minimum atomic E-state index is -0.345. The molecule has 4 aliphatic rings. The topological polar surface area (TPSA) is 35.5 Å². The minimum absolute atomic E-state index is 0.00277. The Balaban J connectivity index is 1.19. The zero-order chi connectivity index (χ0) is 24.3. The van der Waals surface area contributed by atoms with Crippen molar-refractivity contribution in [1.82, 2.24) is 0 Å². The molecule has 0 spiro atoms. The Kier molecular flexibility index (Phi) is 5.67. The van der Waals surface area contributed by atoms with Crippen LogP contribution in [0.1, 0.15) is 65.4 Å². The summed E-state index contributed by atoms with van der Waals surface area (Å²) < 4.78 is 13.1. The summed E-state index contributed by atoms with van der Waals surface area (Å²) in [6.07, 6.45) is 5.82. The summed E-state index contributed by atoms with van der Waals surface area (Å²) >= 11 is 0. The molecule has 7 rings (SSSR count). The van der Waals surface area contributed by atoms with Crippen molar-refractivity contribution < 1.29 is 14.3 Å². The fourth-order valence-electron chi connectivity index (χ4n) is 7.38. The molecule has 1 unspecified atom stereocenters. The van der Waals surface area contributed by atoms with Gasteiger partial charge in [-0.2, -0.15) is 0 Å². The number of rotatable bonds is 6. The van der Waals surface area contributed by atoms with Crippen LogP contribution in [-0.4, -0.2) is 18.2 Å². The number of carbonyl (C=O) groups is 1. The van der Waals surface area contributed by atoms with E-state index in [1.807, 2.05) is 6.92 Å². The monoisotopic (exact) mass is 470 g/mol. The molecule has 3 nitrogen and oxygen atoms in total. The average molecular weight is 471 g/mol. The number of fused-ring (bicyclic) bond motifs is 3. The van der Waals surface area contributed by atoms with Crippen LogP contribution >= 0.6 is 0 Å². The molecular weight excluding hydrogens is 432 g/mol. The summed E-state index contributed by atoms with van der Waals surface area (Å²) in [5.41, 5.74) is 0.900. The van der Waals surface area contributed by atoms with Crippen LogP contribution in [0.15, 0.2) is 54.6 Å². The third kappa shape index (κ3) is 3.96. The molecule has 4 aliphatic carbocycles. The number of esters is 1. The van der Waals surface area contributed by atoms with Crippen LogP contribution in [0.25, 0.3) is 21.5 Å². The summed E-state index contributed by atoms with van der Waals surface area (Å²) in [7, 11) is 0. The Morgan fingerprint density at radius 2 is 1.46 bits per heavy atom. The van der Waals surface area contributed by atoms with Gasteiger partial charge in [0.05, 0.1) is 17.6 Å². The lowest BCUT2D eigenvalue weighted by atomic mass is 9.53. The van der Waals surface area contributed by atoms with Crippen LogP contribution in [-0.2, 0) is 19.9 Å². The van der Waals surface area contributed by atoms with Gasteiger partial charge in [-0.25, -0.2) is 0 Å². The molecule has 0 amide bonds. The minimum Gasteiger partial charge on any atom is -0.462 e. The van der Waals surface area contributed by atoms with Crippen molar-refractivity contribution in [2.45, 2.75) is 77.6 Å². The first kappa shape index (κ1) is 23.0. The Bertz CT molecular complexity index is 1230. The summed E-state index contributed by atoms with van der Waals surface area (Å²) in [6.45, 7) is 8.51. The maximum atomic E-state index is 12.5. The predicted molar refractivity (Wildman–Crippen MR) is 141 cm³/mol. The summed E-state index contributed by atoms with van der Waals surface area (Å²) in [4.78, 5) is 12.5. The quantitative estimate of drug-likeness (QED) is 0.274. The van der Waals surface area contributed by atoms with E-state index in [0.717, 1.165) is 32.1 Å². The van der Waals surface area contributed by atoms with Gasteiger partial charge in [0.15, 0.2) is 0 Å². The second-order valence-electron chi connectivity index (χ2n) is 12.0. The van der Waals surface area contributed by atoms with Gasteiger partial charge in [-0.05, 0) is 103 Å². The van der Waals surface area contributed by atoms with E-state index in [2.05, 4.69) is 75.4 Å². The Hall–Kier alpha value is -2.39. The Labute approximate surface area is 209 Å². The van der Waals surface area contributed by atoms with E-state index in [-0.39, 0.29) is 23.6 Å². The first-order valence-electron chi connectivity index (χ1n) is 13.6. The van der Waals surface area contributed by atoms with Gasteiger partial charge in [0.1, 0.15) is 6.10 Å². The maximum absolute atomic E-state index is 12.5. The normalized spacial score (nSPS) is 30.6. The molecule has 3 aromatic rings. The predicted octanol–water partition coefficient (Wildman–Crippen LogP) is 7.64. The number of benzene rings is 3. The van der Waals surface area contributed by atoms with Gasteiger partial charge in [0.25, 0.3) is 0 Å². The lowest BCUT2D eigenvalue weighted by molar-refractivity contribution is -0.217. The summed E-state index contributed by atoms with van der Waals surface area (Å²) in [5, 5.41) is 5.16. The van der Waals surface area contributed by atoms with Crippen LogP contribution in [0.2, 0.25) is 0 Å². The van der Waals surface area contributed by atoms with Crippen molar-refractivity contribution in [3.05, 3.63) is 60.2 Å². The molecule has 35 heavy (non-hydrogen) atoms. The van der Waals surface area contributed by atoms with Gasteiger partial charge >= 0.3 is 5.97 Å². The zero-order valence-corrected chi connectivity index (χ0v) is 21.5. The van der Waals surface area contributed by atoms with Gasteiger partial charge in [-0.1, -0.05) is 62.4 Å². The second-order valence-corrected chi connectivity index (χ2v) is 12.0. The maximum Gasteiger partial charge on any atom is 0.308 e. The highest BCUT2D eigenvalue weighted by atomic mass is 16.5. The Morgan fingerprint density at radius 1 is 0.857 bits per heavy atom. The molecule has 0 heterocycles. The van der Waals surface area contributed by atoms with E-state index in [1.165, 1.54) is 27.1 Å². The molecule has 0 N–H and O–H groups in total. The third-order valence-electron chi connectivity index (χ3n) is 9.42. The van der Waals surface area contributed by atoms with E-state index in [4.69, 9.17) is 9.47 Å². The molecule has 1 atom stereocenters. The first-order valence-corrected chi connectivity index (χ1v) is 13.6. The number of hydrogen-bond acceptors (Lipinski definition) is 3. The largest absolute Gasteiger partial charge is 0.462 e. The summed E-state index contributed by atoms with van der Waals surface area (Å²) in [6, 6.07) is 19.9. The SMILES string of the molecule is CCC(C)C(=O)OC1C2CC3CC1CC(C2)C3OC(C)(C)c1ccc2c(ccc3ccccc32)c1. The molecule has 0 aromatic heterocycles. The molecule has 3 heteroatoms. The Morgan fingerprint density at radius 3 is 2.14 bits per heavy atom. The molecular formula is C32H38O3. The molecule has 4 saturated carbocycles. The molecule has 4 bridgehead atoms. The first-order chi connectivity index (χ1) is 16.8. The van der Waals surface area contributed by atoms with E-state index < -0.39 is 0 Å². The highest BCUT2D eigenvalue weighted by Crippen LogP contribution is 2.57. The number of ether oxygens (including phenoxy) is 2. The smallest absolute Gasteiger partial charge is 0.308 e. The second kappa shape index (κ2) is 8.62. The molecule has 0 aliphatic heterocycles.